The van der Waals surface area contributed by atoms with Gasteiger partial charge in [0.25, 0.3) is 5.91 Å². The molecule has 0 radical (unpaired) electrons. The number of hydrogen-bond acceptors (Lipinski definition) is 4. The van der Waals surface area contributed by atoms with E-state index in [1.54, 1.807) is 6.07 Å². The van der Waals surface area contributed by atoms with Gasteiger partial charge in [-0.25, -0.2) is 12.7 Å². The van der Waals surface area contributed by atoms with Gasteiger partial charge in [-0.1, -0.05) is 72.3 Å². The Morgan fingerprint density at radius 1 is 0.941 bits per heavy atom. The molecule has 0 aliphatic rings. The molecule has 0 unspecified atom stereocenters. The summed E-state index contributed by atoms with van der Waals surface area (Å²) in [6, 6.07) is 23.5. The minimum Gasteiger partial charge on any atom is -0.508 e. The van der Waals surface area contributed by atoms with Crippen LogP contribution < -0.4 is 5.32 Å². The van der Waals surface area contributed by atoms with Crippen LogP contribution in [0.2, 0.25) is 5.02 Å². The summed E-state index contributed by atoms with van der Waals surface area (Å²) in [6.45, 7) is 0. The number of hydrogen-bond donors (Lipinski definition) is 2. The van der Waals surface area contributed by atoms with Gasteiger partial charge in [0, 0.05) is 19.7 Å². The standard InChI is InChI=1S/C26H23ClN2O4S/c1-29(2)34(32,33)19-13-14-22(27)21(16-19)26(31)28-25(18-9-4-3-5-10-18)24-20-11-7-6-8-17(20)12-15-23(24)30/h3-16,25,30H,1-2H3,(H,28,31)/t25-/m1/s1. The Morgan fingerprint density at radius 3 is 2.32 bits per heavy atom. The summed E-state index contributed by atoms with van der Waals surface area (Å²) in [5.41, 5.74) is 1.30. The quantitative estimate of drug-likeness (QED) is 0.396. The SMILES string of the molecule is CN(C)S(=O)(=O)c1ccc(Cl)c(C(=O)N[C@H](c2ccccc2)c2c(O)ccc3ccccc23)c1. The van der Waals surface area contributed by atoms with Gasteiger partial charge in [-0.15, -0.1) is 0 Å². The van der Waals surface area contributed by atoms with Crippen molar-refractivity contribution in [2.45, 2.75) is 10.9 Å². The molecule has 0 bridgehead atoms. The molecule has 0 heterocycles. The highest BCUT2D eigenvalue weighted by Crippen LogP contribution is 2.36. The maximum absolute atomic E-state index is 13.4. The molecule has 0 aliphatic heterocycles. The highest BCUT2D eigenvalue weighted by atomic mass is 35.5. The molecule has 6 nitrogen and oxygen atoms in total. The van der Waals surface area contributed by atoms with Crippen LogP contribution in [-0.2, 0) is 10.0 Å². The van der Waals surface area contributed by atoms with Crippen molar-refractivity contribution in [2.75, 3.05) is 14.1 Å². The highest BCUT2D eigenvalue weighted by Gasteiger charge is 2.26. The molecule has 0 aliphatic carbocycles. The van der Waals surface area contributed by atoms with E-state index < -0.39 is 22.0 Å². The number of amides is 1. The number of phenols is 1. The highest BCUT2D eigenvalue weighted by molar-refractivity contribution is 7.89. The van der Waals surface area contributed by atoms with Crippen LogP contribution in [0.25, 0.3) is 10.8 Å². The normalized spacial score (nSPS) is 12.6. The van der Waals surface area contributed by atoms with Crippen molar-refractivity contribution < 1.29 is 18.3 Å². The van der Waals surface area contributed by atoms with Crippen molar-refractivity contribution >= 4 is 38.3 Å². The van der Waals surface area contributed by atoms with E-state index in [0.29, 0.717) is 5.56 Å². The van der Waals surface area contributed by atoms with Crippen molar-refractivity contribution in [1.29, 1.82) is 0 Å². The molecule has 1 atom stereocenters. The number of sulfonamides is 1. The molecule has 4 aromatic rings. The fraction of sp³-hybridized carbons (Fsp3) is 0.115. The van der Waals surface area contributed by atoms with E-state index in [1.807, 2.05) is 60.7 Å². The summed E-state index contributed by atoms with van der Waals surface area (Å²) in [5.74, 6) is -0.537. The van der Waals surface area contributed by atoms with Crippen LogP contribution in [0, 0.1) is 0 Å². The second kappa shape index (κ2) is 9.46. The monoisotopic (exact) mass is 494 g/mol. The van der Waals surface area contributed by atoms with Crippen molar-refractivity contribution in [1.82, 2.24) is 9.62 Å². The first kappa shape index (κ1) is 23.8. The molecule has 0 aromatic heterocycles. The fourth-order valence-electron chi connectivity index (χ4n) is 3.81. The molecule has 8 heteroatoms. The van der Waals surface area contributed by atoms with Gasteiger partial charge in [0.05, 0.1) is 21.5 Å². The van der Waals surface area contributed by atoms with Crippen LogP contribution in [-0.4, -0.2) is 37.8 Å². The molecule has 0 saturated carbocycles. The molecular formula is C26H23ClN2O4S. The van der Waals surface area contributed by atoms with E-state index in [0.717, 1.165) is 20.6 Å². The maximum Gasteiger partial charge on any atom is 0.253 e. The minimum absolute atomic E-state index is 0.0187. The van der Waals surface area contributed by atoms with Gasteiger partial charge in [0.1, 0.15) is 5.75 Å². The van der Waals surface area contributed by atoms with E-state index in [1.165, 1.54) is 32.3 Å². The first-order valence-corrected chi connectivity index (χ1v) is 12.3. The summed E-state index contributed by atoms with van der Waals surface area (Å²) in [7, 11) is -0.933. The van der Waals surface area contributed by atoms with Gasteiger partial charge in [-0.3, -0.25) is 4.79 Å². The topological polar surface area (TPSA) is 86.7 Å². The smallest absolute Gasteiger partial charge is 0.253 e. The molecule has 34 heavy (non-hydrogen) atoms. The number of carbonyl (C=O) groups is 1. The van der Waals surface area contributed by atoms with Gasteiger partial charge < -0.3 is 10.4 Å². The molecule has 0 saturated heterocycles. The lowest BCUT2D eigenvalue weighted by atomic mass is 9.92. The molecule has 2 N–H and O–H groups in total. The zero-order valence-corrected chi connectivity index (χ0v) is 20.1. The van der Waals surface area contributed by atoms with E-state index in [2.05, 4.69) is 5.32 Å². The molecule has 1 amide bonds. The minimum atomic E-state index is -3.76. The van der Waals surface area contributed by atoms with E-state index in [4.69, 9.17) is 11.6 Å². The summed E-state index contributed by atoms with van der Waals surface area (Å²) < 4.78 is 26.3. The van der Waals surface area contributed by atoms with Crippen LogP contribution >= 0.6 is 11.6 Å². The second-order valence-corrected chi connectivity index (χ2v) is 10.5. The summed E-state index contributed by atoms with van der Waals surface area (Å²) >= 11 is 6.30. The maximum atomic E-state index is 13.4. The molecule has 0 spiro atoms. The molecule has 4 aromatic carbocycles. The Labute approximate surface area is 203 Å². The number of phenolic OH excluding ortho intramolecular Hbond substituents is 1. The number of carbonyl (C=O) groups excluding carboxylic acids is 1. The first-order valence-electron chi connectivity index (χ1n) is 10.5. The molecule has 174 valence electrons. The lowest BCUT2D eigenvalue weighted by molar-refractivity contribution is 0.0943. The predicted molar refractivity (Wildman–Crippen MR) is 134 cm³/mol. The third-order valence-electron chi connectivity index (χ3n) is 5.61. The summed E-state index contributed by atoms with van der Waals surface area (Å²) in [5, 5.41) is 15.6. The number of halogens is 1. The number of nitrogens with zero attached hydrogens (tertiary/aromatic N) is 1. The Hall–Kier alpha value is -3.39. The van der Waals surface area contributed by atoms with Gasteiger partial charge in [-0.05, 0) is 40.6 Å². The van der Waals surface area contributed by atoms with Gasteiger partial charge in [-0.2, -0.15) is 0 Å². The van der Waals surface area contributed by atoms with E-state index in [-0.39, 0.29) is 21.2 Å². The summed E-state index contributed by atoms with van der Waals surface area (Å²) in [4.78, 5) is 13.4. The van der Waals surface area contributed by atoms with Crippen molar-refractivity contribution in [2.24, 2.45) is 0 Å². The Balaban J connectivity index is 1.83. The number of fused-ring (bicyclic) bond motifs is 1. The van der Waals surface area contributed by atoms with Crippen LogP contribution in [0.1, 0.15) is 27.5 Å². The van der Waals surface area contributed by atoms with Crippen LogP contribution in [0.15, 0.2) is 89.8 Å². The van der Waals surface area contributed by atoms with E-state index >= 15 is 0 Å². The first-order chi connectivity index (χ1) is 16.2. The Kier molecular flexibility index (Phi) is 6.61. The zero-order chi connectivity index (χ0) is 24.5. The van der Waals surface area contributed by atoms with Crippen molar-refractivity contribution in [3.63, 3.8) is 0 Å². The zero-order valence-electron chi connectivity index (χ0n) is 18.6. The van der Waals surface area contributed by atoms with Gasteiger partial charge in [0.15, 0.2) is 0 Å². The summed E-state index contributed by atoms with van der Waals surface area (Å²) in [6.07, 6.45) is 0. The largest absolute Gasteiger partial charge is 0.508 e. The van der Waals surface area contributed by atoms with Crippen LogP contribution in [0.3, 0.4) is 0 Å². The average molecular weight is 495 g/mol. The number of nitrogens with one attached hydrogen (secondary N) is 1. The lowest BCUT2D eigenvalue weighted by Gasteiger charge is -2.23. The molecule has 4 rings (SSSR count). The van der Waals surface area contributed by atoms with Crippen LogP contribution in [0.4, 0.5) is 0 Å². The second-order valence-electron chi connectivity index (χ2n) is 7.97. The van der Waals surface area contributed by atoms with Crippen LogP contribution in [0.5, 0.6) is 5.75 Å². The van der Waals surface area contributed by atoms with Crippen molar-refractivity contribution in [3.8, 4) is 5.75 Å². The van der Waals surface area contributed by atoms with Gasteiger partial charge in [0.2, 0.25) is 10.0 Å². The molecular weight excluding hydrogens is 472 g/mol. The number of aromatic hydroxyl groups is 1. The van der Waals surface area contributed by atoms with E-state index in [9.17, 15) is 18.3 Å². The lowest BCUT2D eigenvalue weighted by Crippen LogP contribution is -2.30. The Bertz CT molecular complexity index is 1470. The fourth-order valence-corrected chi connectivity index (χ4v) is 4.95. The number of benzene rings is 4. The third kappa shape index (κ3) is 4.50. The number of rotatable bonds is 6. The average Bonchev–Trinajstić information content (AvgIpc) is 2.83. The van der Waals surface area contributed by atoms with Gasteiger partial charge >= 0.3 is 0 Å². The molecule has 0 fully saturated rings. The third-order valence-corrected chi connectivity index (χ3v) is 7.75. The van der Waals surface area contributed by atoms with Crippen molar-refractivity contribution in [3.05, 3.63) is 107 Å². The Morgan fingerprint density at radius 2 is 1.62 bits per heavy atom. The predicted octanol–water partition coefficient (Wildman–Crippen LogP) is 4.97.